The molecule has 2 aromatic carbocycles. The molecule has 0 saturated heterocycles. The van der Waals surface area contributed by atoms with Crippen LogP contribution in [-0.4, -0.2) is 18.0 Å². The van der Waals surface area contributed by atoms with E-state index in [9.17, 15) is 19.8 Å². The van der Waals surface area contributed by atoms with E-state index in [1.165, 1.54) is 5.32 Å². The highest BCUT2D eigenvalue weighted by Crippen LogP contribution is 2.17. The van der Waals surface area contributed by atoms with Gasteiger partial charge in [-0.05, 0) is 0 Å². The largest absolute Gasteiger partial charge is 0.544 e. The summed E-state index contributed by atoms with van der Waals surface area (Å²) in [4.78, 5) is 22.0. The number of carboxylic acid groups (broad SMARTS) is 2. The van der Waals surface area contributed by atoms with Crippen molar-refractivity contribution in [2.24, 2.45) is 0 Å². The van der Waals surface area contributed by atoms with Gasteiger partial charge in [-0.2, -0.15) is 0 Å². The van der Waals surface area contributed by atoms with Crippen molar-refractivity contribution in [1.29, 1.82) is 0 Å². The highest BCUT2D eigenvalue weighted by molar-refractivity contribution is 5.93. The first kappa shape index (κ1) is 14.7. The molecule has 0 amide bonds. The minimum Gasteiger partial charge on any atom is -0.544 e. The van der Waals surface area contributed by atoms with E-state index in [0.717, 1.165) is 11.1 Å². The van der Waals surface area contributed by atoms with Crippen LogP contribution in [0.2, 0.25) is 0 Å². The smallest absolute Gasteiger partial charge is 0.167 e. The first-order valence-electron chi connectivity index (χ1n) is 6.46. The fourth-order valence-electron chi connectivity index (χ4n) is 2.18. The molecule has 2 N–H and O–H groups in total. The van der Waals surface area contributed by atoms with Crippen LogP contribution < -0.4 is 15.5 Å². The molecule has 2 rings (SSSR count). The number of quaternary nitrogens is 1. The van der Waals surface area contributed by atoms with Crippen LogP contribution in [-0.2, 0) is 9.59 Å². The fourth-order valence-corrected chi connectivity index (χ4v) is 2.18. The van der Waals surface area contributed by atoms with E-state index in [0.29, 0.717) is 0 Å². The zero-order chi connectivity index (χ0) is 15.2. The summed E-state index contributed by atoms with van der Waals surface area (Å²) in [6, 6.07) is 15.9. The third kappa shape index (κ3) is 3.67. The summed E-state index contributed by atoms with van der Waals surface area (Å²) < 4.78 is 0. The van der Waals surface area contributed by atoms with Crippen molar-refractivity contribution < 1.29 is 25.1 Å². The van der Waals surface area contributed by atoms with Gasteiger partial charge >= 0.3 is 0 Å². The number of benzene rings is 2. The van der Waals surface area contributed by atoms with Crippen LogP contribution in [0.25, 0.3) is 0 Å². The molecule has 0 saturated carbocycles. The minimum absolute atomic E-state index is 0.465. The maximum atomic E-state index is 11.0. The lowest BCUT2D eigenvalue weighted by atomic mass is 9.98. The standard InChI is InChI=1S/C16H15NO4/c18-15(19)14(16(20)21)17-13(11-7-3-1-4-8-11)12-9-5-2-6-10-12/h1-10,13-14,17H,(H,18,19)(H,20,21)/p-1. The van der Waals surface area contributed by atoms with Crippen molar-refractivity contribution in [2.75, 3.05) is 0 Å². The Morgan fingerprint density at radius 1 is 0.762 bits per heavy atom. The second-order valence-electron chi connectivity index (χ2n) is 4.61. The van der Waals surface area contributed by atoms with Crippen molar-refractivity contribution in [3.63, 3.8) is 0 Å². The van der Waals surface area contributed by atoms with Crippen LogP contribution in [0.3, 0.4) is 0 Å². The summed E-state index contributed by atoms with van der Waals surface area (Å²) in [7, 11) is 0. The Morgan fingerprint density at radius 3 is 1.48 bits per heavy atom. The number of aliphatic carboxylic acids is 2. The maximum absolute atomic E-state index is 11.0. The van der Waals surface area contributed by atoms with E-state index in [2.05, 4.69) is 0 Å². The van der Waals surface area contributed by atoms with Gasteiger partial charge in [0.15, 0.2) is 6.04 Å². The predicted octanol–water partition coefficient (Wildman–Crippen LogP) is -1.79. The molecule has 21 heavy (non-hydrogen) atoms. The molecule has 0 radical (unpaired) electrons. The van der Waals surface area contributed by atoms with Gasteiger partial charge in [0.2, 0.25) is 0 Å². The van der Waals surface area contributed by atoms with Gasteiger partial charge in [-0.25, -0.2) is 0 Å². The molecule has 0 bridgehead atoms. The van der Waals surface area contributed by atoms with Gasteiger partial charge in [-0.15, -0.1) is 0 Å². The van der Waals surface area contributed by atoms with Gasteiger partial charge in [0, 0.05) is 11.1 Å². The van der Waals surface area contributed by atoms with Gasteiger partial charge in [-0.3, -0.25) is 0 Å². The van der Waals surface area contributed by atoms with Crippen LogP contribution in [0.15, 0.2) is 60.7 Å². The van der Waals surface area contributed by atoms with Crippen molar-refractivity contribution in [2.45, 2.75) is 12.1 Å². The third-order valence-electron chi connectivity index (χ3n) is 3.21. The molecule has 2 aromatic rings. The van der Waals surface area contributed by atoms with Gasteiger partial charge in [0.1, 0.15) is 18.0 Å². The quantitative estimate of drug-likeness (QED) is 0.633. The number of carbonyl (C=O) groups is 2. The average Bonchev–Trinajstić information content (AvgIpc) is 2.49. The molecular formula is C16H14NO4-. The Morgan fingerprint density at radius 2 is 1.14 bits per heavy atom. The van der Waals surface area contributed by atoms with Gasteiger partial charge < -0.3 is 25.1 Å². The Labute approximate surface area is 121 Å². The number of nitrogens with two attached hydrogens (primary N) is 1. The predicted molar refractivity (Wildman–Crippen MR) is 70.5 cm³/mol. The second-order valence-corrected chi connectivity index (χ2v) is 4.61. The Balaban J connectivity index is 2.37. The zero-order valence-electron chi connectivity index (χ0n) is 11.1. The Bertz CT molecular complexity index is 559. The summed E-state index contributed by atoms with van der Waals surface area (Å²) in [5, 5.41) is 23.2. The van der Waals surface area contributed by atoms with Crippen LogP contribution in [0.1, 0.15) is 17.2 Å². The van der Waals surface area contributed by atoms with Crippen LogP contribution in [0.5, 0.6) is 0 Å². The molecule has 5 nitrogen and oxygen atoms in total. The van der Waals surface area contributed by atoms with Crippen molar-refractivity contribution in [3.8, 4) is 0 Å². The number of rotatable bonds is 6. The van der Waals surface area contributed by atoms with Crippen LogP contribution in [0, 0.1) is 0 Å². The SMILES string of the molecule is O=C([O-])C([NH2+]C(c1ccccc1)c1ccccc1)C(=O)[O-]. The van der Waals surface area contributed by atoms with Crippen molar-refractivity contribution >= 4 is 11.9 Å². The van der Waals surface area contributed by atoms with E-state index in [-0.39, 0.29) is 0 Å². The minimum atomic E-state index is -1.77. The first-order chi connectivity index (χ1) is 10.1. The summed E-state index contributed by atoms with van der Waals surface area (Å²) in [6.07, 6.45) is 0. The summed E-state index contributed by atoms with van der Waals surface area (Å²) in [5.41, 5.74) is 1.60. The summed E-state index contributed by atoms with van der Waals surface area (Å²) >= 11 is 0. The van der Waals surface area contributed by atoms with E-state index < -0.39 is 24.0 Å². The lowest BCUT2D eigenvalue weighted by molar-refractivity contribution is -0.707. The van der Waals surface area contributed by atoms with E-state index in [1.807, 2.05) is 60.7 Å². The summed E-state index contributed by atoms with van der Waals surface area (Å²) in [6.45, 7) is 0. The molecule has 0 aromatic heterocycles. The van der Waals surface area contributed by atoms with Crippen LogP contribution >= 0.6 is 0 Å². The molecule has 0 aliphatic heterocycles. The van der Waals surface area contributed by atoms with Gasteiger partial charge in [0.05, 0.1) is 0 Å². The molecular weight excluding hydrogens is 270 g/mol. The number of carboxylic acids is 2. The molecule has 0 unspecified atom stereocenters. The zero-order valence-corrected chi connectivity index (χ0v) is 11.1. The monoisotopic (exact) mass is 284 g/mol. The first-order valence-corrected chi connectivity index (χ1v) is 6.46. The molecule has 0 heterocycles. The van der Waals surface area contributed by atoms with E-state index in [4.69, 9.17) is 0 Å². The molecule has 0 aliphatic carbocycles. The van der Waals surface area contributed by atoms with E-state index in [1.54, 1.807) is 0 Å². The fraction of sp³-hybridized carbons (Fsp3) is 0.125. The lowest BCUT2D eigenvalue weighted by Gasteiger charge is -2.24. The number of hydrogen-bond acceptors (Lipinski definition) is 4. The van der Waals surface area contributed by atoms with Crippen molar-refractivity contribution in [1.82, 2.24) is 0 Å². The lowest BCUT2D eigenvalue weighted by Crippen LogP contribution is -2.96. The summed E-state index contributed by atoms with van der Waals surface area (Å²) in [5.74, 6) is -3.35. The average molecular weight is 284 g/mol. The molecule has 0 spiro atoms. The molecule has 108 valence electrons. The van der Waals surface area contributed by atoms with Crippen LogP contribution in [0.4, 0.5) is 0 Å². The van der Waals surface area contributed by atoms with Gasteiger partial charge in [0.25, 0.3) is 0 Å². The Hall–Kier alpha value is -2.66. The molecule has 0 aliphatic rings. The third-order valence-corrected chi connectivity index (χ3v) is 3.21. The topological polar surface area (TPSA) is 96.9 Å². The Kier molecular flexibility index (Phi) is 4.68. The highest BCUT2D eigenvalue weighted by atomic mass is 16.4. The number of hydrogen-bond donors (Lipinski definition) is 1. The normalized spacial score (nSPS) is 10.8. The second kappa shape index (κ2) is 6.67. The van der Waals surface area contributed by atoms with E-state index >= 15 is 0 Å². The molecule has 0 atom stereocenters. The highest BCUT2D eigenvalue weighted by Gasteiger charge is 2.24. The molecule has 0 fully saturated rings. The molecule has 5 heteroatoms. The number of carbonyl (C=O) groups excluding carboxylic acids is 2. The van der Waals surface area contributed by atoms with Crippen molar-refractivity contribution in [3.05, 3.63) is 71.8 Å². The maximum Gasteiger partial charge on any atom is 0.167 e. The van der Waals surface area contributed by atoms with Gasteiger partial charge in [-0.1, -0.05) is 60.7 Å².